The summed E-state index contributed by atoms with van der Waals surface area (Å²) in [5.74, 6) is -0.480. The molecule has 12 heavy (non-hydrogen) atoms. The smallest absolute Gasteiger partial charge is 0.240 e. The summed E-state index contributed by atoms with van der Waals surface area (Å²) in [6, 6.07) is 0. The summed E-state index contributed by atoms with van der Waals surface area (Å²) < 4.78 is 0. The van der Waals surface area contributed by atoms with Crippen molar-refractivity contribution in [1.82, 2.24) is 10.0 Å². The molecule has 0 aliphatic carbocycles. The van der Waals surface area contributed by atoms with Crippen molar-refractivity contribution in [3.63, 3.8) is 0 Å². The SMILES string of the molecule is CC(=O)N(C)/N=N/N(C)C(C)=O. The molecule has 0 radical (unpaired) electrons. The van der Waals surface area contributed by atoms with E-state index in [9.17, 15) is 9.59 Å². The highest BCUT2D eigenvalue weighted by Crippen LogP contribution is 1.90. The molecule has 0 bridgehead atoms. The number of carbonyl (C=O) groups is 2. The molecule has 0 aliphatic heterocycles. The first-order chi connectivity index (χ1) is 5.45. The minimum Gasteiger partial charge on any atom is -0.273 e. The number of hydrogen-bond acceptors (Lipinski definition) is 4. The van der Waals surface area contributed by atoms with Gasteiger partial charge in [0.25, 0.3) is 0 Å². The molecule has 0 aromatic heterocycles. The highest BCUT2D eigenvalue weighted by atomic mass is 16.2. The average molecular weight is 172 g/mol. The molecule has 2 amide bonds. The van der Waals surface area contributed by atoms with Crippen LogP contribution in [-0.2, 0) is 9.59 Å². The quantitative estimate of drug-likeness (QED) is 0.442. The molecule has 0 heterocycles. The highest BCUT2D eigenvalue weighted by Gasteiger charge is 2.01. The van der Waals surface area contributed by atoms with Crippen LogP contribution >= 0.6 is 0 Å². The van der Waals surface area contributed by atoms with Crippen LogP contribution in [0, 0.1) is 0 Å². The van der Waals surface area contributed by atoms with Crippen LogP contribution in [0.4, 0.5) is 0 Å². The van der Waals surface area contributed by atoms with Crippen molar-refractivity contribution >= 4 is 11.8 Å². The van der Waals surface area contributed by atoms with E-state index < -0.39 is 0 Å². The third-order valence-electron chi connectivity index (χ3n) is 1.22. The van der Waals surface area contributed by atoms with E-state index in [1.807, 2.05) is 0 Å². The van der Waals surface area contributed by atoms with E-state index in [1.165, 1.54) is 27.9 Å². The molecule has 0 unspecified atom stereocenters. The molecule has 0 spiro atoms. The van der Waals surface area contributed by atoms with Crippen LogP contribution in [0.15, 0.2) is 10.4 Å². The average Bonchev–Trinajstić information content (AvgIpc) is 1.98. The number of nitrogens with zero attached hydrogens (tertiary/aromatic N) is 4. The third-order valence-corrected chi connectivity index (χ3v) is 1.22. The Bertz CT molecular complexity index is 192. The molecule has 0 aliphatic rings. The van der Waals surface area contributed by atoms with Gasteiger partial charge < -0.3 is 0 Å². The molecular formula is C6H12N4O2. The minimum absolute atomic E-state index is 0.240. The minimum atomic E-state index is -0.240. The Balaban J connectivity index is 4.06. The Labute approximate surface area is 70.8 Å². The van der Waals surface area contributed by atoms with Gasteiger partial charge in [0.2, 0.25) is 11.8 Å². The van der Waals surface area contributed by atoms with Crippen LogP contribution in [0.25, 0.3) is 0 Å². The van der Waals surface area contributed by atoms with Gasteiger partial charge in [-0.25, -0.2) is 10.0 Å². The standard InChI is InChI=1S/C6H12N4O2/c1-5(11)9(3)7-8-10(4)6(2)12/h1-4H3/b8-7+. The molecule has 0 saturated carbocycles. The molecule has 0 aromatic rings. The summed E-state index contributed by atoms with van der Waals surface area (Å²) in [7, 11) is 2.92. The fourth-order valence-corrected chi connectivity index (χ4v) is 0.246. The Morgan fingerprint density at radius 1 is 0.917 bits per heavy atom. The molecule has 0 N–H and O–H groups in total. The van der Waals surface area contributed by atoms with Crippen molar-refractivity contribution in [2.45, 2.75) is 13.8 Å². The second-order valence-corrected chi connectivity index (χ2v) is 2.26. The normalized spacial score (nSPS) is 10.0. The number of hydrogen-bond donors (Lipinski definition) is 0. The van der Waals surface area contributed by atoms with Gasteiger partial charge in [-0.3, -0.25) is 9.59 Å². The van der Waals surface area contributed by atoms with E-state index in [2.05, 4.69) is 10.4 Å². The van der Waals surface area contributed by atoms with Gasteiger partial charge in [0.1, 0.15) is 0 Å². The van der Waals surface area contributed by atoms with E-state index in [-0.39, 0.29) is 11.8 Å². The number of carbonyl (C=O) groups excluding carboxylic acids is 2. The van der Waals surface area contributed by atoms with E-state index in [0.29, 0.717) is 0 Å². The lowest BCUT2D eigenvalue weighted by atomic mass is 10.7. The van der Waals surface area contributed by atoms with Crippen LogP contribution in [0.1, 0.15) is 13.8 Å². The lowest BCUT2D eigenvalue weighted by molar-refractivity contribution is -0.131. The molecule has 0 fully saturated rings. The molecule has 6 nitrogen and oxygen atoms in total. The summed E-state index contributed by atoms with van der Waals surface area (Å²) in [5.41, 5.74) is 0. The van der Waals surface area contributed by atoms with Gasteiger partial charge in [0.15, 0.2) is 0 Å². The summed E-state index contributed by atoms with van der Waals surface area (Å²) >= 11 is 0. The third kappa shape index (κ3) is 3.65. The molecule has 6 heteroatoms. The zero-order valence-electron chi connectivity index (χ0n) is 7.61. The van der Waals surface area contributed by atoms with Gasteiger partial charge in [-0.2, -0.15) is 0 Å². The van der Waals surface area contributed by atoms with Crippen LogP contribution in [0.3, 0.4) is 0 Å². The number of amides is 2. The zero-order chi connectivity index (χ0) is 9.72. The first-order valence-corrected chi connectivity index (χ1v) is 3.35. The van der Waals surface area contributed by atoms with E-state index >= 15 is 0 Å². The largest absolute Gasteiger partial charge is 0.273 e. The molecule has 0 rings (SSSR count). The molecule has 0 saturated heterocycles. The van der Waals surface area contributed by atoms with Crippen molar-refractivity contribution in [3.05, 3.63) is 0 Å². The second kappa shape index (κ2) is 4.42. The predicted molar refractivity (Wildman–Crippen MR) is 41.7 cm³/mol. The van der Waals surface area contributed by atoms with Gasteiger partial charge in [0.05, 0.1) is 0 Å². The maximum atomic E-state index is 10.6. The molecular weight excluding hydrogens is 160 g/mol. The fourth-order valence-electron chi connectivity index (χ4n) is 0.246. The Kier molecular flexibility index (Phi) is 3.89. The topological polar surface area (TPSA) is 65.3 Å². The lowest BCUT2D eigenvalue weighted by Gasteiger charge is -2.08. The zero-order valence-corrected chi connectivity index (χ0v) is 7.61. The van der Waals surface area contributed by atoms with E-state index in [0.717, 1.165) is 10.0 Å². The van der Waals surface area contributed by atoms with Crippen molar-refractivity contribution < 1.29 is 9.59 Å². The van der Waals surface area contributed by atoms with Gasteiger partial charge in [-0.15, -0.1) is 0 Å². The molecule has 0 aromatic carbocycles. The van der Waals surface area contributed by atoms with Crippen LogP contribution in [0.5, 0.6) is 0 Å². The van der Waals surface area contributed by atoms with Crippen molar-refractivity contribution in [2.75, 3.05) is 14.1 Å². The summed E-state index contributed by atoms with van der Waals surface area (Å²) in [4.78, 5) is 21.2. The lowest BCUT2D eigenvalue weighted by Crippen LogP contribution is -2.21. The fraction of sp³-hybridized carbons (Fsp3) is 0.667. The van der Waals surface area contributed by atoms with E-state index in [1.54, 1.807) is 0 Å². The monoisotopic (exact) mass is 172 g/mol. The van der Waals surface area contributed by atoms with Crippen LogP contribution in [0.2, 0.25) is 0 Å². The maximum absolute atomic E-state index is 10.6. The summed E-state index contributed by atoms with van der Waals surface area (Å²) in [6.07, 6.45) is 0. The molecule has 68 valence electrons. The first-order valence-electron chi connectivity index (χ1n) is 3.35. The van der Waals surface area contributed by atoms with Gasteiger partial charge in [0, 0.05) is 27.9 Å². The second-order valence-electron chi connectivity index (χ2n) is 2.26. The van der Waals surface area contributed by atoms with Crippen molar-refractivity contribution in [3.8, 4) is 0 Å². The Morgan fingerprint density at radius 3 is 1.33 bits per heavy atom. The Hall–Kier alpha value is -1.46. The van der Waals surface area contributed by atoms with E-state index in [4.69, 9.17) is 0 Å². The van der Waals surface area contributed by atoms with Crippen molar-refractivity contribution in [1.29, 1.82) is 0 Å². The van der Waals surface area contributed by atoms with Gasteiger partial charge in [-0.05, 0) is 10.4 Å². The van der Waals surface area contributed by atoms with Gasteiger partial charge in [-0.1, -0.05) is 0 Å². The highest BCUT2D eigenvalue weighted by molar-refractivity contribution is 5.73. The summed E-state index contributed by atoms with van der Waals surface area (Å²) in [5, 5.41) is 9.00. The van der Waals surface area contributed by atoms with Crippen LogP contribution < -0.4 is 0 Å². The molecule has 0 atom stereocenters. The summed E-state index contributed by atoms with van der Waals surface area (Å²) in [6.45, 7) is 2.71. The van der Waals surface area contributed by atoms with Crippen molar-refractivity contribution in [2.24, 2.45) is 10.4 Å². The first kappa shape index (κ1) is 10.5. The van der Waals surface area contributed by atoms with Crippen LogP contribution in [-0.4, -0.2) is 35.9 Å². The predicted octanol–water partition coefficient (Wildman–Crippen LogP) is 0.225. The number of rotatable bonds is 2. The Morgan fingerprint density at radius 2 is 1.17 bits per heavy atom. The van der Waals surface area contributed by atoms with Gasteiger partial charge >= 0.3 is 0 Å². The maximum Gasteiger partial charge on any atom is 0.240 e.